The number of aliphatic hydroxyl groups excluding tert-OH is 1. The van der Waals surface area contributed by atoms with Crippen LogP contribution in [0.4, 0.5) is 0 Å². The molecule has 0 radical (unpaired) electrons. The lowest BCUT2D eigenvalue weighted by Gasteiger charge is -2.15. The summed E-state index contributed by atoms with van der Waals surface area (Å²) in [6, 6.07) is 3.81. The normalized spacial score (nSPS) is 12.3. The zero-order valence-electron chi connectivity index (χ0n) is 10.9. The van der Waals surface area contributed by atoms with Gasteiger partial charge in [0.1, 0.15) is 5.75 Å². The Bertz CT molecular complexity index is 406. The van der Waals surface area contributed by atoms with Crippen molar-refractivity contribution in [2.75, 3.05) is 13.7 Å². The molecule has 3 heteroatoms. The molecular formula is C14H20O3. The third-order valence-electron chi connectivity index (χ3n) is 2.97. The van der Waals surface area contributed by atoms with E-state index in [-0.39, 0.29) is 18.3 Å². The van der Waals surface area contributed by atoms with E-state index >= 15 is 0 Å². The highest BCUT2D eigenvalue weighted by atomic mass is 16.5. The van der Waals surface area contributed by atoms with E-state index in [1.54, 1.807) is 7.11 Å². The van der Waals surface area contributed by atoms with Gasteiger partial charge in [0.25, 0.3) is 0 Å². The van der Waals surface area contributed by atoms with Crippen molar-refractivity contribution in [1.82, 2.24) is 0 Å². The Morgan fingerprint density at radius 1 is 1.41 bits per heavy atom. The summed E-state index contributed by atoms with van der Waals surface area (Å²) >= 11 is 0. The van der Waals surface area contributed by atoms with Crippen LogP contribution in [-0.2, 0) is 0 Å². The molecule has 0 saturated heterocycles. The first-order chi connectivity index (χ1) is 8.04. The van der Waals surface area contributed by atoms with Gasteiger partial charge in [-0.3, -0.25) is 4.79 Å². The quantitative estimate of drug-likeness (QED) is 0.799. The third kappa shape index (κ3) is 2.86. The van der Waals surface area contributed by atoms with Gasteiger partial charge in [0.15, 0.2) is 5.78 Å². The molecule has 17 heavy (non-hydrogen) atoms. The average Bonchev–Trinajstić information content (AvgIpc) is 2.29. The molecule has 94 valence electrons. The van der Waals surface area contributed by atoms with Crippen molar-refractivity contribution in [1.29, 1.82) is 0 Å². The second kappa shape index (κ2) is 5.82. The Hall–Kier alpha value is -1.35. The zero-order chi connectivity index (χ0) is 13.0. The van der Waals surface area contributed by atoms with Crippen LogP contribution in [0, 0.1) is 19.8 Å². The van der Waals surface area contributed by atoms with E-state index in [2.05, 4.69) is 0 Å². The smallest absolute Gasteiger partial charge is 0.171 e. The molecule has 0 aliphatic rings. The molecule has 1 aromatic carbocycles. The summed E-state index contributed by atoms with van der Waals surface area (Å²) in [6.45, 7) is 5.64. The second-order valence-corrected chi connectivity index (χ2v) is 4.31. The third-order valence-corrected chi connectivity index (χ3v) is 2.97. The number of carbonyl (C=O) groups is 1. The molecule has 0 bridgehead atoms. The molecule has 0 aromatic heterocycles. The number of carbonyl (C=O) groups excluding carboxylic acids is 1. The van der Waals surface area contributed by atoms with E-state index in [1.807, 2.05) is 32.9 Å². The topological polar surface area (TPSA) is 46.5 Å². The van der Waals surface area contributed by atoms with Crippen molar-refractivity contribution in [3.63, 3.8) is 0 Å². The number of methoxy groups -OCH3 is 1. The maximum atomic E-state index is 12.3. The average molecular weight is 236 g/mol. The lowest BCUT2D eigenvalue weighted by Crippen LogP contribution is -2.19. The summed E-state index contributed by atoms with van der Waals surface area (Å²) in [7, 11) is 1.56. The summed E-state index contributed by atoms with van der Waals surface area (Å²) in [5.74, 6) is 0.233. The molecule has 0 saturated carbocycles. The first-order valence-electron chi connectivity index (χ1n) is 5.85. The van der Waals surface area contributed by atoms with Gasteiger partial charge in [0, 0.05) is 5.92 Å². The highest BCUT2D eigenvalue weighted by Gasteiger charge is 2.22. The van der Waals surface area contributed by atoms with E-state index in [0.29, 0.717) is 17.7 Å². The molecule has 1 unspecified atom stereocenters. The van der Waals surface area contributed by atoms with Crippen LogP contribution in [0.2, 0.25) is 0 Å². The number of rotatable bonds is 5. The van der Waals surface area contributed by atoms with Crippen molar-refractivity contribution < 1.29 is 14.6 Å². The zero-order valence-corrected chi connectivity index (χ0v) is 10.9. The highest BCUT2D eigenvalue weighted by molar-refractivity contribution is 6.01. The lowest BCUT2D eigenvalue weighted by atomic mass is 9.93. The fourth-order valence-electron chi connectivity index (χ4n) is 2.03. The van der Waals surface area contributed by atoms with Gasteiger partial charge in [0.05, 0.1) is 19.3 Å². The Balaban J connectivity index is 3.24. The van der Waals surface area contributed by atoms with Crippen LogP contribution in [0.5, 0.6) is 5.75 Å². The fraction of sp³-hybridized carbons (Fsp3) is 0.500. The largest absolute Gasteiger partial charge is 0.496 e. The number of ketones is 1. The minimum atomic E-state index is -0.343. The summed E-state index contributed by atoms with van der Waals surface area (Å²) < 4.78 is 5.29. The van der Waals surface area contributed by atoms with Gasteiger partial charge in [-0.2, -0.15) is 0 Å². The van der Waals surface area contributed by atoms with E-state index < -0.39 is 0 Å². The van der Waals surface area contributed by atoms with Crippen LogP contribution in [0.15, 0.2) is 12.1 Å². The first-order valence-corrected chi connectivity index (χ1v) is 5.85. The summed E-state index contributed by atoms with van der Waals surface area (Å²) in [5.41, 5.74) is 2.55. The molecule has 0 aliphatic carbocycles. The van der Waals surface area contributed by atoms with Crippen LogP contribution < -0.4 is 4.74 Å². The lowest BCUT2D eigenvalue weighted by molar-refractivity contribution is 0.0853. The van der Waals surface area contributed by atoms with Crippen LogP contribution in [0.25, 0.3) is 0 Å². The summed E-state index contributed by atoms with van der Waals surface area (Å²) in [5, 5.41) is 9.20. The summed E-state index contributed by atoms with van der Waals surface area (Å²) in [4.78, 5) is 12.3. The SMILES string of the molecule is CCC(CO)C(=O)c1cc(C)cc(C)c1OC. The standard InChI is InChI=1S/C14H20O3/c1-5-11(8-15)13(16)12-7-9(2)6-10(3)14(12)17-4/h6-7,11,15H,5,8H2,1-4H3. The van der Waals surface area contributed by atoms with Gasteiger partial charge in [-0.15, -0.1) is 0 Å². The van der Waals surface area contributed by atoms with Crippen molar-refractivity contribution in [2.24, 2.45) is 5.92 Å². The predicted octanol–water partition coefficient (Wildman–Crippen LogP) is 2.51. The van der Waals surface area contributed by atoms with Gasteiger partial charge in [-0.1, -0.05) is 13.0 Å². The molecule has 1 rings (SSSR count). The van der Waals surface area contributed by atoms with Gasteiger partial charge >= 0.3 is 0 Å². The van der Waals surface area contributed by atoms with Crippen LogP contribution in [0.3, 0.4) is 0 Å². The predicted molar refractivity (Wildman–Crippen MR) is 67.7 cm³/mol. The van der Waals surface area contributed by atoms with Crippen LogP contribution in [0.1, 0.15) is 34.8 Å². The monoisotopic (exact) mass is 236 g/mol. The van der Waals surface area contributed by atoms with Gasteiger partial charge in [-0.25, -0.2) is 0 Å². The molecule has 1 aromatic rings. The van der Waals surface area contributed by atoms with Crippen molar-refractivity contribution >= 4 is 5.78 Å². The minimum Gasteiger partial charge on any atom is -0.496 e. The fourth-order valence-corrected chi connectivity index (χ4v) is 2.03. The molecule has 1 N–H and O–H groups in total. The molecule has 0 amide bonds. The molecule has 0 aliphatic heterocycles. The van der Waals surface area contributed by atoms with Gasteiger partial charge < -0.3 is 9.84 Å². The Labute approximate surface area is 102 Å². The van der Waals surface area contributed by atoms with E-state index in [4.69, 9.17) is 4.74 Å². The van der Waals surface area contributed by atoms with E-state index in [0.717, 1.165) is 11.1 Å². The maximum absolute atomic E-state index is 12.3. The Kier molecular flexibility index (Phi) is 4.70. The summed E-state index contributed by atoms with van der Waals surface area (Å²) in [6.07, 6.45) is 0.630. The minimum absolute atomic E-state index is 0.0429. The van der Waals surface area contributed by atoms with Crippen LogP contribution >= 0.6 is 0 Å². The molecular weight excluding hydrogens is 216 g/mol. The molecule has 0 heterocycles. The van der Waals surface area contributed by atoms with Crippen molar-refractivity contribution in [2.45, 2.75) is 27.2 Å². The number of Topliss-reactive ketones (excluding diaryl/α,β-unsaturated/α-hetero) is 1. The van der Waals surface area contributed by atoms with Crippen molar-refractivity contribution in [3.05, 3.63) is 28.8 Å². The molecule has 1 atom stereocenters. The van der Waals surface area contributed by atoms with E-state index in [9.17, 15) is 9.90 Å². The number of benzene rings is 1. The Morgan fingerprint density at radius 3 is 2.53 bits per heavy atom. The second-order valence-electron chi connectivity index (χ2n) is 4.31. The number of hydrogen-bond donors (Lipinski definition) is 1. The Morgan fingerprint density at radius 2 is 2.06 bits per heavy atom. The molecule has 3 nitrogen and oxygen atoms in total. The van der Waals surface area contributed by atoms with E-state index in [1.165, 1.54) is 0 Å². The highest BCUT2D eigenvalue weighted by Crippen LogP contribution is 2.27. The number of ether oxygens (including phenoxy) is 1. The van der Waals surface area contributed by atoms with Gasteiger partial charge in [0.2, 0.25) is 0 Å². The number of aryl methyl sites for hydroxylation is 2. The first kappa shape index (κ1) is 13.7. The molecule has 0 spiro atoms. The maximum Gasteiger partial charge on any atom is 0.171 e. The number of aliphatic hydroxyl groups is 1. The number of hydrogen-bond acceptors (Lipinski definition) is 3. The van der Waals surface area contributed by atoms with Gasteiger partial charge in [-0.05, 0) is 37.5 Å². The van der Waals surface area contributed by atoms with Crippen LogP contribution in [-0.4, -0.2) is 24.6 Å². The molecule has 0 fully saturated rings. The van der Waals surface area contributed by atoms with Crippen molar-refractivity contribution in [3.8, 4) is 5.75 Å².